The molecule has 5 heteroatoms. The van der Waals surface area contributed by atoms with E-state index >= 15 is 0 Å². The van der Waals surface area contributed by atoms with Gasteiger partial charge in [-0.25, -0.2) is 4.39 Å². The number of hydrogen-bond donors (Lipinski definition) is 0. The molecule has 0 atom stereocenters. The lowest BCUT2D eigenvalue weighted by molar-refractivity contribution is 0.103. The molecule has 0 saturated carbocycles. The fourth-order valence-corrected chi connectivity index (χ4v) is 4.56. The number of aryl methyl sites for hydroxylation is 1. The predicted molar refractivity (Wildman–Crippen MR) is 80.6 cm³/mol. The Morgan fingerprint density at radius 3 is 3.00 bits per heavy atom. The number of rotatable bonds is 3. The fraction of sp³-hybridized carbons (Fsp3) is 0.267. The van der Waals surface area contributed by atoms with E-state index in [1.807, 2.05) is 17.8 Å². The second kappa shape index (κ2) is 5.58. The molecule has 104 valence electrons. The van der Waals surface area contributed by atoms with Crippen molar-refractivity contribution in [1.82, 2.24) is 0 Å². The number of methoxy groups -OCH3 is 1. The second-order valence-electron chi connectivity index (χ2n) is 4.51. The predicted octanol–water partition coefficient (Wildman–Crippen LogP) is 3.92. The van der Waals surface area contributed by atoms with Gasteiger partial charge in [-0.1, -0.05) is 6.07 Å². The third-order valence-corrected chi connectivity index (χ3v) is 5.52. The molecule has 20 heavy (non-hydrogen) atoms. The number of benzene rings is 1. The van der Waals surface area contributed by atoms with Crippen LogP contribution in [0.25, 0.3) is 0 Å². The van der Waals surface area contributed by atoms with Crippen LogP contribution in [0.5, 0.6) is 5.75 Å². The Balaban J connectivity index is 1.98. The molecule has 1 aliphatic heterocycles. The zero-order valence-corrected chi connectivity index (χ0v) is 12.6. The molecule has 1 aromatic carbocycles. The molecular weight excluding hydrogens is 295 g/mol. The average molecular weight is 308 g/mol. The summed E-state index contributed by atoms with van der Waals surface area (Å²) in [5.74, 6) is 1.30. The van der Waals surface area contributed by atoms with Crippen LogP contribution < -0.4 is 4.74 Å². The first kappa shape index (κ1) is 13.6. The smallest absolute Gasteiger partial charge is 0.206 e. The Morgan fingerprint density at radius 2 is 2.25 bits per heavy atom. The highest BCUT2D eigenvalue weighted by Gasteiger charge is 2.22. The van der Waals surface area contributed by atoms with Gasteiger partial charge in [-0.05, 0) is 35.9 Å². The summed E-state index contributed by atoms with van der Waals surface area (Å²) in [7, 11) is 1.40. The maximum Gasteiger partial charge on any atom is 0.206 e. The van der Waals surface area contributed by atoms with E-state index in [0.717, 1.165) is 17.9 Å². The van der Waals surface area contributed by atoms with Gasteiger partial charge in [0.15, 0.2) is 11.6 Å². The summed E-state index contributed by atoms with van der Waals surface area (Å²) in [4.78, 5) is 14.3. The molecule has 0 spiro atoms. The van der Waals surface area contributed by atoms with Gasteiger partial charge in [0.2, 0.25) is 5.78 Å². The summed E-state index contributed by atoms with van der Waals surface area (Å²) >= 11 is 3.36. The molecule has 0 fully saturated rings. The molecule has 2 heterocycles. The Labute approximate surface area is 125 Å². The minimum absolute atomic E-state index is 0.0793. The number of carbonyl (C=O) groups is 1. The lowest BCUT2D eigenvalue weighted by Crippen LogP contribution is -2.03. The van der Waals surface area contributed by atoms with E-state index in [4.69, 9.17) is 4.74 Å². The standard InChI is InChI=1S/C15H13FO2S2/c1-18-11-4-2-3-10(14(11)16)15(17)13-7-9-8-19-6-5-12(9)20-13/h2-4,7H,5-6,8H2,1H3. The number of carbonyl (C=O) groups excluding carboxylic acids is 1. The number of fused-ring (bicyclic) bond motifs is 1. The molecule has 0 bridgehead atoms. The van der Waals surface area contributed by atoms with Crippen molar-refractivity contribution in [1.29, 1.82) is 0 Å². The monoisotopic (exact) mass is 308 g/mol. The molecule has 3 rings (SSSR count). The molecule has 0 unspecified atom stereocenters. The molecule has 1 aromatic heterocycles. The number of hydrogen-bond acceptors (Lipinski definition) is 4. The molecule has 0 aliphatic carbocycles. The van der Waals surface area contributed by atoms with Crippen molar-refractivity contribution in [2.45, 2.75) is 12.2 Å². The van der Waals surface area contributed by atoms with E-state index in [2.05, 4.69) is 0 Å². The van der Waals surface area contributed by atoms with Crippen LogP contribution in [0, 0.1) is 5.82 Å². The summed E-state index contributed by atoms with van der Waals surface area (Å²) < 4.78 is 19.1. The van der Waals surface area contributed by atoms with Crippen molar-refractivity contribution in [3.63, 3.8) is 0 Å². The van der Waals surface area contributed by atoms with E-state index in [-0.39, 0.29) is 17.1 Å². The van der Waals surface area contributed by atoms with Crippen molar-refractivity contribution in [3.8, 4) is 5.75 Å². The highest BCUT2D eigenvalue weighted by molar-refractivity contribution is 7.98. The van der Waals surface area contributed by atoms with Crippen LogP contribution in [0.4, 0.5) is 4.39 Å². The number of halogens is 1. The molecule has 0 saturated heterocycles. The Morgan fingerprint density at radius 1 is 1.40 bits per heavy atom. The number of ether oxygens (including phenoxy) is 1. The van der Waals surface area contributed by atoms with Crippen LogP contribution in [0.15, 0.2) is 24.3 Å². The highest BCUT2D eigenvalue weighted by Crippen LogP contribution is 2.33. The van der Waals surface area contributed by atoms with Crippen LogP contribution in [-0.2, 0) is 12.2 Å². The zero-order valence-electron chi connectivity index (χ0n) is 10.9. The van der Waals surface area contributed by atoms with Crippen LogP contribution in [0.1, 0.15) is 25.7 Å². The van der Waals surface area contributed by atoms with Crippen molar-refractivity contribution < 1.29 is 13.9 Å². The number of thiophene rings is 1. The number of thioether (sulfide) groups is 1. The zero-order chi connectivity index (χ0) is 14.1. The first-order chi connectivity index (χ1) is 9.70. The average Bonchev–Trinajstić information content (AvgIpc) is 2.90. The maximum atomic E-state index is 14.1. The number of ketones is 1. The van der Waals surface area contributed by atoms with Gasteiger partial charge in [-0.3, -0.25) is 4.79 Å². The van der Waals surface area contributed by atoms with E-state index < -0.39 is 5.82 Å². The van der Waals surface area contributed by atoms with Gasteiger partial charge in [-0.15, -0.1) is 11.3 Å². The second-order valence-corrected chi connectivity index (χ2v) is 6.75. The maximum absolute atomic E-state index is 14.1. The van der Waals surface area contributed by atoms with Crippen LogP contribution in [0.3, 0.4) is 0 Å². The van der Waals surface area contributed by atoms with Gasteiger partial charge in [0.1, 0.15) is 0 Å². The first-order valence-corrected chi connectivity index (χ1v) is 8.24. The Hall–Kier alpha value is -1.33. The fourth-order valence-electron chi connectivity index (χ4n) is 2.24. The molecular formula is C15H13FO2S2. The third kappa shape index (κ3) is 2.36. The van der Waals surface area contributed by atoms with Gasteiger partial charge in [0.25, 0.3) is 0 Å². The SMILES string of the molecule is COc1cccc(C(=O)c2cc3c(s2)CCSC3)c1F. The third-order valence-electron chi connectivity index (χ3n) is 3.28. The topological polar surface area (TPSA) is 26.3 Å². The van der Waals surface area contributed by atoms with Crippen molar-refractivity contribution >= 4 is 28.9 Å². The van der Waals surface area contributed by atoms with Crippen molar-refractivity contribution in [2.75, 3.05) is 12.9 Å². The van der Waals surface area contributed by atoms with Gasteiger partial charge in [0, 0.05) is 10.6 Å². The quantitative estimate of drug-likeness (QED) is 0.804. The summed E-state index contributed by atoms with van der Waals surface area (Å²) in [6.45, 7) is 0. The summed E-state index contributed by atoms with van der Waals surface area (Å²) in [5.41, 5.74) is 1.30. The molecule has 0 amide bonds. The van der Waals surface area contributed by atoms with E-state index in [1.54, 1.807) is 6.07 Å². The first-order valence-electron chi connectivity index (χ1n) is 6.27. The van der Waals surface area contributed by atoms with Gasteiger partial charge in [-0.2, -0.15) is 11.8 Å². The summed E-state index contributed by atoms with van der Waals surface area (Å²) in [6.07, 6.45) is 0.999. The molecule has 2 aromatic rings. The Bertz CT molecular complexity index is 640. The van der Waals surface area contributed by atoms with Gasteiger partial charge >= 0.3 is 0 Å². The van der Waals surface area contributed by atoms with Crippen LogP contribution in [0.2, 0.25) is 0 Å². The van der Waals surface area contributed by atoms with Crippen molar-refractivity contribution in [2.24, 2.45) is 0 Å². The molecule has 2 nitrogen and oxygen atoms in total. The molecule has 1 aliphatic rings. The summed E-state index contributed by atoms with van der Waals surface area (Å²) in [5, 5.41) is 0. The van der Waals surface area contributed by atoms with Crippen LogP contribution in [-0.4, -0.2) is 18.6 Å². The van der Waals surface area contributed by atoms with Gasteiger partial charge in [0.05, 0.1) is 17.6 Å². The lowest BCUT2D eigenvalue weighted by Gasteiger charge is -2.08. The molecule has 0 N–H and O–H groups in total. The normalized spacial score (nSPS) is 13.9. The van der Waals surface area contributed by atoms with Crippen LogP contribution >= 0.6 is 23.1 Å². The largest absolute Gasteiger partial charge is 0.494 e. The minimum Gasteiger partial charge on any atom is -0.494 e. The summed E-state index contributed by atoms with van der Waals surface area (Å²) in [6, 6.07) is 6.57. The van der Waals surface area contributed by atoms with E-state index in [0.29, 0.717) is 4.88 Å². The Kier molecular flexibility index (Phi) is 3.81. The highest BCUT2D eigenvalue weighted by atomic mass is 32.2. The van der Waals surface area contributed by atoms with Crippen molar-refractivity contribution in [3.05, 3.63) is 51.0 Å². The van der Waals surface area contributed by atoms with E-state index in [9.17, 15) is 9.18 Å². The minimum atomic E-state index is -0.583. The van der Waals surface area contributed by atoms with E-state index in [1.165, 1.54) is 41.0 Å². The van der Waals surface area contributed by atoms with Gasteiger partial charge < -0.3 is 4.74 Å². The lowest BCUT2D eigenvalue weighted by atomic mass is 10.1. The molecule has 0 radical (unpaired) electrons.